The molecule has 2 N–H and O–H groups in total. The molecule has 9 heteroatoms. The van der Waals surface area contributed by atoms with Crippen LogP contribution in [0.15, 0.2) is 71.1 Å². The van der Waals surface area contributed by atoms with E-state index >= 15 is 0 Å². The molecule has 1 unspecified atom stereocenters. The van der Waals surface area contributed by atoms with Gasteiger partial charge in [0.15, 0.2) is 0 Å². The molecule has 226 valence electrons. The number of piperazine rings is 1. The van der Waals surface area contributed by atoms with Gasteiger partial charge in [0.1, 0.15) is 18.5 Å². The van der Waals surface area contributed by atoms with E-state index in [2.05, 4.69) is 46.3 Å². The summed E-state index contributed by atoms with van der Waals surface area (Å²) in [5, 5.41) is 13.8. The summed E-state index contributed by atoms with van der Waals surface area (Å²) in [4.78, 5) is 30.6. The molecule has 42 heavy (non-hydrogen) atoms. The smallest absolute Gasteiger partial charge is 0.336 e. The van der Waals surface area contributed by atoms with Crippen molar-refractivity contribution in [1.82, 2.24) is 10.2 Å². The van der Waals surface area contributed by atoms with Gasteiger partial charge in [-0.1, -0.05) is 30.3 Å². The molecule has 2 heterocycles. The van der Waals surface area contributed by atoms with Crippen LogP contribution in [0.3, 0.4) is 0 Å². The van der Waals surface area contributed by atoms with Gasteiger partial charge in [0.05, 0.1) is 30.3 Å². The first kappa shape index (κ1) is 31.1. The number of benzene rings is 2. The third kappa shape index (κ3) is 7.33. The number of esters is 2. The number of aliphatic hydroxyl groups excluding tert-OH is 1. The molecule has 2 aromatic rings. The molecule has 2 aliphatic heterocycles. The lowest BCUT2D eigenvalue weighted by molar-refractivity contribution is -0.139. The van der Waals surface area contributed by atoms with Crippen molar-refractivity contribution < 1.29 is 28.9 Å². The highest BCUT2D eigenvalue weighted by Crippen LogP contribution is 2.39. The number of dihydropyridines is 1. The van der Waals surface area contributed by atoms with E-state index in [1.807, 2.05) is 12.1 Å². The van der Waals surface area contributed by atoms with Crippen LogP contribution >= 0.6 is 0 Å². The van der Waals surface area contributed by atoms with Crippen LogP contribution in [0.1, 0.15) is 44.7 Å². The average Bonchev–Trinajstić information content (AvgIpc) is 2.97. The van der Waals surface area contributed by atoms with Crippen LogP contribution in [0.4, 0.5) is 5.69 Å². The number of aryl methyl sites for hydroxylation is 1. The number of para-hydroxylation sites is 1. The number of carbonyl (C=O) groups is 2. The maximum Gasteiger partial charge on any atom is 0.336 e. The number of ether oxygens (including phenoxy) is 3. The second kappa shape index (κ2) is 14.4. The fraction of sp³-hybridized carbons (Fsp3) is 0.455. The Kier molecular flexibility index (Phi) is 10.7. The Hall–Kier alpha value is -3.82. The molecular weight excluding hydrogens is 534 g/mol. The fourth-order valence-electron chi connectivity index (χ4n) is 5.68. The van der Waals surface area contributed by atoms with Crippen LogP contribution in [0, 0.1) is 6.92 Å². The van der Waals surface area contributed by atoms with E-state index in [1.165, 1.54) is 11.3 Å². The van der Waals surface area contributed by atoms with E-state index < -0.39 is 24.0 Å². The van der Waals surface area contributed by atoms with E-state index in [1.54, 1.807) is 39.8 Å². The quantitative estimate of drug-likeness (QED) is 0.385. The Bertz CT molecular complexity index is 1270. The first-order chi connectivity index (χ1) is 20.2. The summed E-state index contributed by atoms with van der Waals surface area (Å²) in [6, 6.07) is 15.7. The molecule has 2 aliphatic rings. The molecule has 9 nitrogen and oxygen atoms in total. The van der Waals surface area contributed by atoms with Crippen molar-refractivity contribution in [1.29, 1.82) is 0 Å². The van der Waals surface area contributed by atoms with Crippen molar-refractivity contribution in [3.63, 3.8) is 0 Å². The van der Waals surface area contributed by atoms with Crippen molar-refractivity contribution >= 4 is 17.6 Å². The zero-order valence-electron chi connectivity index (χ0n) is 25.3. The average molecular weight is 578 g/mol. The number of allylic oxidation sites excluding steroid dienone is 2. The topological polar surface area (TPSA) is 101 Å². The summed E-state index contributed by atoms with van der Waals surface area (Å²) < 4.78 is 16.6. The van der Waals surface area contributed by atoms with Crippen molar-refractivity contribution in [3.8, 4) is 5.75 Å². The van der Waals surface area contributed by atoms with Crippen molar-refractivity contribution in [2.24, 2.45) is 0 Å². The molecule has 0 amide bonds. The molecule has 0 bridgehead atoms. The predicted octanol–water partition coefficient (Wildman–Crippen LogP) is 3.92. The lowest BCUT2D eigenvalue weighted by Crippen LogP contribution is -2.49. The molecule has 1 fully saturated rings. The van der Waals surface area contributed by atoms with E-state index in [9.17, 15) is 14.7 Å². The molecular formula is C33H43N3O6. The normalized spacial score (nSPS) is 17.1. The monoisotopic (exact) mass is 577 g/mol. The lowest BCUT2D eigenvalue weighted by Gasteiger charge is -2.37. The number of carbonyl (C=O) groups excluding carboxylic acids is 2. The molecule has 0 aromatic heterocycles. The predicted molar refractivity (Wildman–Crippen MR) is 162 cm³/mol. The van der Waals surface area contributed by atoms with Gasteiger partial charge in [0.2, 0.25) is 0 Å². The van der Waals surface area contributed by atoms with Gasteiger partial charge in [-0.05, 0) is 63.9 Å². The second-order valence-corrected chi connectivity index (χ2v) is 10.7. The summed E-state index contributed by atoms with van der Waals surface area (Å²) in [6.45, 7) is 13.9. The SMILES string of the molecule is CCOC(=O)C1=C(C)NC(C)=C(C(=O)OCC)C1c1ccc(OCC(O)CN2CCN(c3ccccc3C)CC2)cc1. The maximum atomic E-state index is 13.0. The highest BCUT2D eigenvalue weighted by atomic mass is 16.5. The third-order valence-electron chi connectivity index (χ3n) is 7.70. The second-order valence-electron chi connectivity index (χ2n) is 10.7. The van der Waals surface area contributed by atoms with Crippen molar-refractivity contribution in [2.45, 2.75) is 46.6 Å². The number of rotatable bonds is 11. The molecule has 0 radical (unpaired) electrons. The highest BCUT2D eigenvalue weighted by molar-refractivity contribution is 5.99. The van der Waals surface area contributed by atoms with Gasteiger partial charge in [-0.25, -0.2) is 9.59 Å². The molecule has 1 atom stereocenters. The summed E-state index contributed by atoms with van der Waals surface area (Å²) >= 11 is 0. The van der Waals surface area contributed by atoms with Gasteiger partial charge in [0.25, 0.3) is 0 Å². The number of hydrogen-bond donors (Lipinski definition) is 2. The number of nitrogens with zero attached hydrogens (tertiary/aromatic N) is 2. The first-order valence-corrected chi connectivity index (χ1v) is 14.7. The Labute approximate surface area is 248 Å². The standard InChI is InChI=1S/C33H43N3O6/c1-6-40-32(38)29-23(4)34-24(5)30(33(39)41-7-2)31(29)25-12-14-27(15-13-25)42-21-26(37)20-35-16-18-36(19-17-35)28-11-9-8-10-22(28)3/h8-15,26,31,34,37H,6-7,16-21H2,1-5H3. The van der Waals surface area contributed by atoms with E-state index in [-0.39, 0.29) is 19.8 Å². The highest BCUT2D eigenvalue weighted by Gasteiger charge is 2.38. The molecule has 2 aromatic carbocycles. The van der Waals surface area contributed by atoms with Crippen molar-refractivity contribution in [3.05, 3.63) is 82.2 Å². The zero-order chi connectivity index (χ0) is 30.2. The van der Waals surface area contributed by atoms with Gasteiger partial charge < -0.3 is 29.5 Å². The summed E-state index contributed by atoms with van der Waals surface area (Å²) in [5.74, 6) is -1.02. The number of nitrogens with one attached hydrogen (secondary N) is 1. The Morgan fingerprint density at radius 3 is 2.00 bits per heavy atom. The summed E-state index contributed by atoms with van der Waals surface area (Å²) in [7, 11) is 0. The minimum Gasteiger partial charge on any atom is -0.491 e. The Morgan fingerprint density at radius 2 is 1.45 bits per heavy atom. The molecule has 1 saturated heterocycles. The Balaban J connectivity index is 1.38. The minimum absolute atomic E-state index is 0.158. The largest absolute Gasteiger partial charge is 0.491 e. The van der Waals surface area contributed by atoms with Gasteiger partial charge >= 0.3 is 11.9 Å². The van der Waals surface area contributed by atoms with E-state index in [0.29, 0.717) is 34.8 Å². The maximum absolute atomic E-state index is 13.0. The summed E-state index contributed by atoms with van der Waals surface area (Å²) in [6.07, 6.45) is -0.638. The molecule has 0 saturated carbocycles. The van der Waals surface area contributed by atoms with Gasteiger partial charge in [-0.15, -0.1) is 0 Å². The van der Waals surface area contributed by atoms with Crippen LogP contribution in [-0.4, -0.2) is 80.6 Å². The van der Waals surface area contributed by atoms with E-state index in [0.717, 1.165) is 31.7 Å². The summed E-state index contributed by atoms with van der Waals surface area (Å²) in [5.41, 5.74) is 5.29. The molecule has 0 aliphatic carbocycles. The van der Waals surface area contributed by atoms with E-state index in [4.69, 9.17) is 14.2 Å². The fourth-order valence-corrected chi connectivity index (χ4v) is 5.68. The number of anilines is 1. The van der Waals surface area contributed by atoms with Gasteiger partial charge in [-0.2, -0.15) is 0 Å². The first-order valence-electron chi connectivity index (χ1n) is 14.7. The number of β-amino-alcohol motifs (C(OH)–C–C–N with tert-alkyl or cyclic N) is 1. The minimum atomic E-state index is -0.651. The molecule has 0 spiro atoms. The number of hydrogen-bond acceptors (Lipinski definition) is 9. The van der Waals surface area contributed by atoms with Crippen molar-refractivity contribution in [2.75, 3.05) is 57.4 Å². The van der Waals surface area contributed by atoms with Crippen LogP contribution in [0.5, 0.6) is 5.75 Å². The van der Waals surface area contributed by atoms with Crippen LogP contribution in [0.25, 0.3) is 0 Å². The van der Waals surface area contributed by atoms with Crippen LogP contribution in [-0.2, 0) is 19.1 Å². The third-order valence-corrected chi connectivity index (χ3v) is 7.70. The van der Waals surface area contributed by atoms with Crippen LogP contribution < -0.4 is 15.0 Å². The lowest BCUT2D eigenvalue weighted by atomic mass is 9.80. The zero-order valence-corrected chi connectivity index (χ0v) is 25.3. The van der Waals surface area contributed by atoms with Crippen LogP contribution in [0.2, 0.25) is 0 Å². The molecule has 4 rings (SSSR count). The van der Waals surface area contributed by atoms with Gasteiger partial charge in [-0.3, -0.25) is 4.90 Å². The van der Waals surface area contributed by atoms with Gasteiger partial charge in [0, 0.05) is 49.8 Å². The Morgan fingerprint density at radius 1 is 0.881 bits per heavy atom. The number of aliphatic hydroxyl groups is 1.